The first-order valence-electron chi connectivity index (χ1n) is 7.01. The summed E-state index contributed by atoms with van der Waals surface area (Å²) in [5.41, 5.74) is 0.744. The Morgan fingerprint density at radius 3 is 2.26 bits per heavy atom. The lowest BCUT2D eigenvalue weighted by atomic mass is 9.84. The van der Waals surface area contributed by atoms with Crippen molar-refractivity contribution in [2.75, 3.05) is 0 Å². The van der Waals surface area contributed by atoms with E-state index in [2.05, 4.69) is 51.1 Å². The van der Waals surface area contributed by atoms with E-state index in [0.717, 1.165) is 24.4 Å². The maximum atomic E-state index is 6.12. The summed E-state index contributed by atoms with van der Waals surface area (Å²) < 4.78 is 14.5. The molecular formula is C14H23BN2O2. The van der Waals surface area contributed by atoms with Crippen molar-refractivity contribution in [1.82, 2.24) is 9.55 Å². The van der Waals surface area contributed by atoms with Crippen molar-refractivity contribution < 1.29 is 9.31 Å². The Morgan fingerprint density at radius 1 is 1.11 bits per heavy atom. The van der Waals surface area contributed by atoms with E-state index in [4.69, 9.17) is 9.31 Å². The van der Waals surface area contributed by atoms with Crippen molar-refractivity contribution in [2.45, 2.75) is 65.7 Å². The van der Waals surface area contributed by atoms with Crippen molar-refractivity contribution in [2.24, 2.45) is 5.41 Å². The molecule has 0 unspecified atom stereocenters. The number of rotatable bonds is 1. The third kappa shape index (κ3) is 1.94. The fourth-order valence-corrected chi connectivity index (χ4v) is 2.82. The Balaban J connectivity index is 1.91. The number of imidazole rings is 1. The van der Waals surface area contributed by atoms with E-state index in [1.807, 2.05) is 6.20 Å². The first kappa shape index (κ1) is 13.2. The van der Waals surface area contributed by atoms with Crippen LogP contribution in [0.3, 0.4) is 0 Å². The molecule has 0 radical (unpaired) electrons. The fraction of sp³-hybridized carbons (Fsp3) is 0.786. The maximum Gasteiger partial charge on any atom is 0.514 e. The molecule has 2 aliphatic rings. The van der Waals surface area contributed by atoms with Crippen LogP contribution in [0.1, 0.15) is 47.4 Å². The summed E-state index contributed by atoms with van der Waals surface area (Å²) in [6.45, 7) is 13.9. The van der Waals surface area contributed by atoms with Gasteiger partial charge in [0.25, 0.3) is 0 Å². The zero-order valence-electron chi connectivity index (χ0n) is 12.8. The normalized spacial score (nSPS) is 26.7. The number of fused-ring (bicyclic) bond motifs is 1. The lowest BCUT2D eigenvalue weighted by Crippen LogP contribution is -2.41. The SMILES string of the molecule is CC1(C)Cc2ncc(B3OC(C)(C)C(C)(C)O3)n2C1. The first-order valence-corrected chi connectivity index (χ1v) is 7.01. The largest absolute Gasteiger partial charge is 0.514 e. The summed E-state index contributed by atoms with van der Waals surface area (Å²) in [6, 6.07) is 0. The molecule has 5 heteroatoms. The first-order chi connectivity index (χ1) is 8.61. The second-order valence-corrected chi connectivity index (χ2v) is 7.61. The van der Waals surface area contributed by atoms with Crippen LogP contribution in [0.4, 0.5) is 0 Å². The predicted octanol–water partition coefficient (Wildman–Crippen LogP) is 1.76. The van der Waals surface area contributed by atoms with Crippen LogP contribution >= 0.6 is 0 Å². The molecule has 1 fully saturated rings. The summed E-state index contributed by atoms with van der Waals surface area (Å²) in [6.07, 6.45) is 2.93. The second-order valence-electron chi connectivity index (χ2n) is 7.61. The van der Waals surface area contributed by atoms with Gasteiger partial charge in [-0.2, -0.15) is 0 Å². The third-order valence-corrected chi connectivity index (χ3v) is 4.69. The van der Waals surface area contributed by atoms with E-state index in [1.54, 1.807) is 0 Å². The maximum absolute atomic E-state index is 6.12. The van der Waals surface area contributed by atoms with E-state index < -0.39 is 0 Å². The molecule has 0 amide bonds. The number of nitrogens with zero attached hydrogens (tertiary/aromatic N) is 2. The summed E-state index contributed by atoms with van der Waals surface area (Å²) in [5, 5.41) is 0. The Bertz CT molecular complexity index is 504. The van der Waals surface area contributed by atoms with Crippen molar-refractivity contribution in [3.63, 3.8) is 0 Å². The van der Waals surface area contributed by atoms with Crippen LogP contribution in [-0.2, 0) is 22.3 Å². The van der Waals surface area contributed by atoms with Crippen molar-refractivity contribution in [1.29, 1.82) is 0 Å². The monoisotopic (exact) mass is 262 g/mol. The van der Waals surface area contributed by atoms with Gasteiger partial charge in [0.15, 0.2) is 0 Å². The molecule has 1 aromatic heterocycles. The lowest BCUT2D eigenvalue weighted by molar-refractivity contribution is 0.00578. The van der Waals surface area contributed by atoms with E-state index in [9.17, 15) is 0 Å². The molecule has 0 aliphatic carbocycles. The Kier molecular flexibility index (Phi) is 2.53. The Labute approximate surface area is 115 Å². The van der Waals surface area contributed by atoms with Crippen LogP contribution < -0.4 is 5.59 Å². The molecular weight excluding hydrogens is 239 g/mol. The number of aromatic nitrogens is 2. The van der Waals surface area contributed by atoms with Gasteiger partial charge in [-0.3, -0.25) is 0 Å². The summed E-state index contributed by atoms with van der Waals surface area (Å²) in [5.74, 6) is 1.15. The Hall–Kier alpha value is -0.805. The molecule has 104 valence electrons. The van der Waals surface area contributed by atoms with Crippen LogP contribution in [0, 0.1) is 5.41 Å². The fourth-order valence-electron chi connectivity index (χ4n) is 2.82. The van der Waals surface area contributed by atoms with Gasteiger partial charge in [0.05, 0.1) is 16.8 Å². The lowest BCUT2D eigenvalue weighted by Gasteiger charge is -2.32. The van der Waals surface area contributed by atoms with Gasteiger partial charge < -0.3 is 13.9 Å². The summed E-state index contributed by atoms with van der Waals surface area (Å²) in [7, 11) is -0.305. The molecule has 0 N–H and O–H groups in total. The zero-order chi connectivity index (χ0) is 14.1. The van der Waals surface area contributed by atoms with Gasteiger partial charge in [-0.15, -0.1) is 0 Å². The molecule has 1 saturated heterocycles. The predicted molar refractivity (Wildman–Crippen MR) is 75.4 cm³/mol. The highest BCUT2D eigenvalue weighted by Gasteiger charge is 2.53. The average molecular weight is 262 g/mol. The van der Waals surface area contributed by atoms with Gasteiger partial charge in [-0.05, 0) is 33.1 Å². The molecule has 0 bridgehead atoms. The van der Waals surface area contributed by atoms with Gasteiger partial charge >= 0.3 is 7.12 Å². The van der Waals surface area contributed by atoms with Crippen LogP contribution in [0.25, 0.3) is 0 Å². The topological polar surface area (TPSA) is 36.3 Å². The number of hydrogen-bond acceptors (Lipinski definition) is 3. The third-order valence-electron chi connectivity index (χ3n) is 4.69. The van der Waals surface area contributed by atoms with Crippen molar-refractivity contribution >= 4 is 12.7 Å². The molecule has 19 heavy (non-hydrogen) atoms. The molecule has 0 atom stereocenters. The van der Waals surface area contributed by atoms with Crippen LogP contribution in [-0.4, -0.2) is 27.9 Å². The van der Waals surface area contributed by atoms with E-state index in [0.29, 0.717) is 0 Å². The summed E-state index contributed by atoms with van der Waals surface area (Å²) in [4.78, 5) is 4.54. The van der Waals surface area contributed by atoms with Crippen LogP contribution in [0.5, 0.6) is 0 Å². The quantitative estimate of drug-likeness (QED) is 0.724. The molecule has 3 rings (SSSR count). The van der Waals surface area contributed by atoms with E-state index in [1.165, 1.54) is 0 Å². The van der Waals surface area contributed by atoms with E-state index in [-0.39, 0.29) is 23.7 Å². The van der Waals surface area contributed by atoms with Gasteiger partial charge in [-0.1, -0.05) is 13.8 Å². The van der Waals surface area contributed by atoms with Gasteiger partial charge in [0.1, 0.15) is 5.82 Å². The van der Waals surface area contributed by atoms with Crippen molar-refractivity contribution in [3.05, 3.63) is 12.0 Å². The number of hydrogen-bond donors (Lipinski definition) is 0. The minimum Gasteiger partial charge on any atom is -0.398 e. The smallest absolute Gasteiger partial charge is 0.398 e. The second kappa shape index (κ2) is 3.64. The van der Waals surface area contributed by atoms with Gasteiger partial charge in [0.2, 0.25) is 0 Å². The highest BCUT2D eigenvalue weighted by molar-refractivity contribution is 6.61. The molecule has 2 aliphatic heterocycles. The molecule has 1 aromatic rings. The summed E-state index contributed by atoms with van der Waals surface area (Å²) >= 11 is 0. The molecule has 3 heterocycles. The highest BCUT2D eigenvalue weighted by atomic mass is 16.7. The molecule has 0 aromatic carbocycles. The molecule has 4 nitrogen and oxygen atoms in total. The highest BCUT2D eigenvalue weighted by Crippen LogP contribution is 2.37. The van der Waals surface area contributed by atoms with E-state index >= 15 is 0 Å². The molecule has 0 saturated carbocycles. The Morgan fingerprint density at radius 2 is 1.68 bits per heavy atom. The average Bonchev–Trinajstić information content (AvgIpc) is 2.75. The minimum absolute atomic E-state index is 0.280. The van der Waals surface area contributed by atoms with Crippen LogP contribution in [0.15, 0.2) is 6.20 Å². The minimum atomic E-state index is -0.305. The van der Waals surface area contributed by atoms with Crippen molar-refractivity contribution in [3.8, 4) is 0 Å². The zero-order valence-corrected chi connectivity index (χ0v) is 12.8. The van der Waals surface area contributed by atoms with Gasteiger partial charge in [-0.25, -0.2) is 4.98 Å². The van der Waals surface area contributed by atoms with Gasteiger partial charge in [0, 0.05) is 19.2 Å². The van der Waals surface area contributed by atoms with Crippen LogP contribution in [0.2, 0.25) is 0 Å². The standard InChI is InChI=1S/C14H23BN2O2/c1-12(2)7-11-16-8-10(17(11)9-12)15-18-13(3,4)14(5,6)19-15/h8H,7,9H2,1-6H3. The molecule has 0 spiro atoms.